The van der Waals surface area contributed by atoms with Gasteiger partial charge in [-0.2, -0.15) is 0 Å². The molecule has 27 heavy (non-hydrogen) atoms. The SMILES string of the molecule is CCNC(=NCCCOCc1ccco1)NCCN1CCS(=O)(=O)CC1.I. The van der Waals surface area contributed by atoms with Crippen molar-refractivity contribution in [3.05, 3.63) is 24.2 Å². The number of hydrogen-bond acceptors (Lipinski definition) is 6. The summed E-state index contributed by atoms with van der Waals surface area (Å²) in [6.07, 6.45) is 2.47. The molecular weight excluding hydrogens is 483 g/mol. The molecule has 10 heteroatoms. The van der Waals surface area contributed by atoms with Crippen LogP contribution in [0.25, 0.3) is 0 Å². The summed E-state index contributed by atoms with van der Waals surface area (Å²) >= 11 is 0. The normalized spacial score (nSPS) is 17.3. The monoisotopic (exact) mass is 514 g/mol. The zero-order valence-corrected chi connectivity index (χ0v) is 19.0. The Morgan fingerprint density at radius 2 is 2.11 bits per heavy atom. The highest BCUT2D eigenvalue weighted by Gasteiger charge is 2.20. The maximum Gasteiger partial charge on any atom is 0.191 e. The molecule has 8 nitrogen and oxygen atoms in total. The van der Waals surface area contributed by atoms with E-state index < -0.39 is 9.84 Å². The Hall–Kier alpha value is -0.850. The van der Waals surface area contributed by atoms with Crippen molar-refractivity contribution >= 4 is 39.8 Å². The second-order valence-electron chi connectivity index (χ2n) is 6.17. The number of rotatable bonds is 10. The van der Waals surface area contributed by atoms with Crippen molar-refractivity contribution in [1.82, 2.24) is 15.5 Å². The summed E-state index contributed by atoms with van der Waals surface area (Å²) in [6, 6.07) is 3.74. The first-order chi connectivity index (χ1) is 12.6. The van der Waals surface area contributed by atoms with E-state index in [-0.39, 0.29) is 35.5 Å². The van der Waals surface area contributed by atoms with Crippen molar-refractivity contribution < 1.29 is 17.6 Å². The third-order valence-corrected chi connectivity index (χ3v) is 5.65. The summed E-state index contributed by atoms with van der Waals surface area (Å²) in [5, 5.41) is 6.51. The number of sulfone groups is 1. The molecule has 1 aliphatic rings. The average Bonchev–Trinajstić information content (AvgIpc) is 3.12. The van der Waals surface area contributed by atoms with Gasteiger partial charge in [0.25, 0.3) is 0 Å². The molecule has 1 aromatic rings. The minimum absolute atomic E-state index is 0. The van der Waals surface area contributed by atoms with Crippen LogP contribution >= 0.6 is 24.0 Å². The standard InChI is InChI=1S/C17H30N4O4S.HI/c1-2-18-17(19-6-4-11-24-15-16-5-3-12-25-16)20-7-8-21-9-13-26(22,23)14-10-21;/h3,5,12H,2,4,6-11,13-15H2,1H3,(H2,18,19,20);1H. The molecule has 1 aliphatic heterocycles. The van der Waals surface area contributed by atoms with E-state index in [1.807, 2.05) is 19.1 Å². The van der Waals surface area contributed by atoms with Crippen molar-refractivity contribution in [2.24, 2.45) is 4.99 Å². The lowest BCUT2D eigenvalue weighted by molar-refractivity contribution is 0.105. The number of aliphatic imine (C=N–C) groups is 1. The number of halogens is 1. The fraction of sp³-hybridized carbons (Fsp3) is 0.706. The van der Waals surface area contributed by atoms with Crippen molar-refractivity contribution in [2.75, 3.05) is 57.4 Å². The van der Waals surface area contributed by atoms with E-state index in [0.29, 0.717) is 32.8 Å². The predicted molar refractivity (Wildman–Crippen MR) is 117 cm³/mol. The maximum absolute atomic E-state index is 11.4. The number of nitrogens with zero attached hydrogens (tertiary/aromatic N) is 2. The Bertz CT molecular complexity index is 623. The largest absolute Gasteiger partial charge is 0.467 e. The molecule has 2 heterocycles. The Morgan fingerprint density at radius 3 is 2.78 bits per heavy atom. The van der Waals surface area contributed by atoms with Crippen LogP contribution < -0.4 is 10.6 Å². The van der Waals surface area contributed by atoms with Gasteiger partial charge in [0.15, 0.2) is 15.8 Å². The minimum atomic E-state index is -2.82. The Labute approximate surface area is 179 Å². The first kappa shape index (κ1) is 24.2. The third-order valence-electron chi connectivity index (χ3n) is 4.04. The van der Waals surface area contributed by atoms with E-state index >= 15 is 0 Å². The minimum Gasteiger partial charge on any atom is -0.467 e. The van der Waals surface area contributed by atoms with Gasteiger partial charge < -0.3 is 19.8 Å². The molecule has 2 N–H and O–H groups in total. The van der Waals surface area contributed by atoms with Crippen molar-refractivity contribution in [1.29, 1.82) is 0 Å². The topological polar surface area (TPSA) is 96.2 Å². The fourth-order valence-corrected chi connectivity index (χ4v) is 3.85. The molecular formula is C17H31IN4O4S. The zero-order chi connectivity index (χ0) is 18.7. The summed E-state index contributed by atoms with van der Waals surface area (Å²) in [5.74, 6) is 2.13. The lowest BCUT2D eigenvalue weighted by atomic mass is 10.4. The van der Waals surface area contributed by atoms with E-state index in [2.05, 4.69) is 20.5 Å². The maximum atomic E-state index is 11.4. The van der Waals surface area contributed by atoms with Gasteiger partial charge in [0.05, 0.1) is 17.8 Å². The van der Waals surface area contributed by atoms with Gasteiger partial charge in [0.1, 0.15) is 12.4 Å². The molecule has 0 bridgehead atoms. The molecule has 0 atom stereocenters. The molecule has 0 radical (unpaired) electrons. The van der Waals surface area contributed by atoms with Crippen LogP contribution in [0.4, 0.5) is 0 Å². The van der Waals surface area contributed by atoms with Gasteiger partial charge in [-0.05, 0) is 25.5 Å². The van der Waals surface area contributed by atoms with Crippen molar-refractivity contribution in [3.8, 4) is 0 Å². The number of nitrogens with one attached hydrogen (secondary N) is 2. The summed E-state index contributed by atoms with van der Waals surface area (Å²) in [7, 11) is -2.82. The smallest absolute Gasteiger partial charge is 0.191 e. The first-order valence-corrected chi connectivity index (χ1v) is 11.0. The molecule has 0 aliphatic carbocycles. The quantitative estimate of drug-likeness (QED) is 0.209. The molecule has 0 unspecified atom stereocenters. The van der Waals surface area contributed by atoms with Crippen molar-refractivity contribution in [2.45, 2.75) is 20.0 Å². The van der Waals surface area contributed by atoms with Crippen LogP contribution in [0.2, 0.25) is 0 Å². The molecule has 1 fully saturated rings. The summed E-state index contributed by atoms with van der Waals surface area (Å²) in [4.78, 5) is 6.70. The second-order valence-corrected chi connectivity index (χ2v) is 8.47. The summed E-state index contributed by atoms with van der Waals surface area (Å²) in [5.41, 5.74) is 0. The van der Waals surface area contributed by atoms with Gasteiger partial charge in [0.2, 0.25) is 0 Å². The summed E-state index contributed by atoms with van der Waals surface area (Å²) in [6.45, 7) is 7.40. The molecule has 0 aromatic carbocycles. The van der Waals surface area contributed by atoms with Crippen LogP contribution in [0, 0.1) is 0 Å². The number of ether oxygens (including phenoxy) is 1. The molecule has 1 saturated heterocycles. The molecule has 0 amide bonds. The molecule has 2 rings (SSSR count). The highest BCUT2D eigenvalue weighted by atomic mass is 127. The van der Waals surface area contributed by atoms with E-state index in [9.17, 15) is 8.42 Å². The second kappa shape index (κ2) is 13.3. The van der Waals surface area contributed by atoms with E-state index in [1.165, 1.54) is 0 Å². The van der Waals surface area contributed by atoms with Gasteiger partial charge in [-0.25, -0.2) is 8.42 Å². The van der Waals surface area contributed by atoms with Crippen LogP contribution in [-0.2, 0) is 21.2 Å². The van der Waals surface area contributed by atoms with Crippen LogP contribution in [0.1, 0.15) is 19.1 Å². The number of guanidine groups is 1. The highest BCUT2D eigenvalue weighted by Crippen LogP contribution is 2.03. The van der Waals surface area contributed by atoms with Crippen LogP contribution in [0.15, 0.2) is 27.8 Å². The highest BCUT2D eigenvalue weighted by molar-refractivity contribution is 14.0. The Kier molecular flexibility index (Phi) is 12.0. The average molecular weight is 514 g/mol. The van der Waals surface area contributed by atoms with Crippen molar-refractivity contribution in [3.63, 3.8) is 0 Å². The molecule has 0 saturated carbocycles. The van der Waals surface area contributed by atoms with Gasteiger partial charge in [-0.15, -0.1) is 24.0 Å². The van der Waals surface area contributed by atoms with Crippen LogP contribution in [0.5, 0.6) is 0 Å². The predicted octanol–water partition coefficient (Wildman–Crippen LogP) is 1.09. The van der Waals surface area contributed by atoms with E-state index in [4.69, 9.17) is 9.15 Å². The first-order valence-electron chi connectivity index (χ1n) is 9.14. The fourth-order valence-electron chi connectivity index (χ4n) is 2.57. The van der Waals surface area contributed by atoms with Crippen LogP contribution in [-0.4, -0.2) is 76.7 Å². The molecule has 156 valence electrons. The summed E-state index contributed by atoms with van der Waals surface area (Å²) < 4.78 is 33.6. The number of furan rings is 1. The lowest BCUT2D eigenvalue weighted by Gasteiger charge is -2.26. The Morgan fingerprint density at radius 1 is 1.33 bits per heavy atom. The van der Waals surface area contributed by atoms with Gasteiger partial charge in [-0.3, -0.25) is 9.89 Å². The lowest BCUT2D eigenvalue weighted by Crippen LogP contribution is -2.46. The third kappa shape index (κ3) is 10.3. The molecule has 1 aromatic heterocycles. The van der Waals surface area contributed by atoms with Crippen LogP contribution in [0.3, 0.4) is 0 Å². The van der Waals surface area contributed by atoms with E-state index in [1.54, 1.807) is 6.26 Å². The van der Waals surface area contributed by atoms with E-state index in [0.717, 1.165) is 37.8 Å². The van der Waals surface area contributed by atoms with Gasteiger partial charge in [-0.1, -0.05) is 0 Å². The number of hydrogen-bond donors (Lipinski definition) is 2. The Balaban J connectivity index is 0.00000364. The zero-order valence-electron chi connectivity index (χ0n) is 15.9. The van der Waals surface area contributed by atoms with Gasteiger partial charge >= 0.3 is 0 Å². The molecule has 0 spiro atoms. The van der Waals surface area contributed by atoms with Gasteiger partial charge in [0, 0.05) is 45.9 Å².